The lowest BCUT2D eigenvalue weighted by atomic mass is 9.81. The Balaban J connectivity index is 1.17. The molecule has 9 heteroatoms. The molecule has 3 aliphatic rings. The molecule has 0 unspecified atom stereocenters. The summed E-state index contributed by atoms with van der Waals surface area (Å²) in [6.07, 6.45) is 11.6. The van der Waals surface area contributed by atoms with E-state index in [-0.39, 0.29) is 16.4 Å². The van der Waals surface area contributed by atoms with E-state index in [1.807, 2.05) is 18.2 Å². The first kappa shape index (κ1) is 24.6. The molecule has 0 atom stereocenters. The summed E-state index contributed by atoms with van der Waals surface area (Å²) in [6, 6.07) is 12.0. The number of nitrogens with zero attached hydrogens (tertiary/aromatic N) is 3. The Morgan fingerprint density at radius 2 is 1.69 bits per heavy atom. The number of hydrogen-bond donors (Lipinski definition) is 1. The van der Waals surface area contributed by atoms with Crippen LogP contribution in [0.5, 0.6) is 0 Å². The van der Waals surface area contributed by atoms with E-state index in [9.17, 15) is 4.79 Å². The minimum atomic E-state index is -0.965. The SMILES string of the molecule is O=C(O)c1ccc(-c2noc(C34CCC(C=Cc5c(-c6c(Cl)cccc6Cl)noc5C5CC5)(CC3)C4)n2)cc1. The fourth-order valence-electron chi connectivity index (χ4n) is 6.36. The van der Waals surface area contributed by atoms with Crippen molar-refractivity contribution < 1.29 is 18.9 Å². The van der Waals surface area contributed by atoms with E-state index in [0.717, 1.165) is 61.8 Å². The van der Waals surface area contributed by atoms with Crippen LogP contribution in [0, 0.1) is 5.41 Å². The van der Waals surface area contributed by atoms with Gasteiger partial charge in [0.1, 0.15) is 11.5 Å². The van der Waals surface area contributed by atoms with Gasteiger partial charge in [-0.15, -0.1) is 0 Å². The Kier molecular flexibility index (Phi) is 5.72. The zero-order chi connectivity index (χ0) is 26.8. The average Bonchev–Trinajstić information content (AvgIpc) is 3.28. The Morgan fingerprint density at radius 1 is 0.974 bits per heavy atom. The van der Waals surface area contributed by atoms with Gasteiger partial charge in [0.05, 0.1) is 21.0 Å². The van der Waals surface area contributed by atoms with Crippen LogP contribution in [-0.4, -0.2) is 26.4 Å². The zero-order valence-electron chi connectivity index (χ0n) is 21.0. The van der Waals surface area contributed by atoms with Crippen LogP contribution in [0.15, 0.2) is 57.6 Å². The molecule has 4 aromatic rings. The molecule has 3 aliphatic carbocycles. The first-order valence-corrected chi connectivity index (χ1v) is 13.9. The second-order valence-corrected chi connectivity index (χ2v) is 12.0. The van der Waals surface area contributed by atoms with Crippen LogP contribution in [0.1, 0.15) is 78.4 Å². The number of benzene rings is 2. The number of aromatic nitrogens is 3. The third-order valence-electron chi connectivity index (χ3n) is 8.67. The van der Waals surface area contributed by atoms with Crippen LogP contribution < -0.4 is 0 Å². The Morgan fingerprint density at radius 3 is 2.36 bits per heavy atom. The number of fused-ring (bicyclic) bond motifs is 2. The summed E-state index contributed by atoms with van der Waals surface area (Å²) in [5.74, 6) is 1.48. The molecule has 39 heavy (non-hydrogen) atoms. The van der Waals surface area contributed by atoms with Crippen molar-refractivity contribution in [2.45, 2.75) is 56.3 Å². The largest absolute Gasteiger partial charge is 0.478 e. The van der Waals surface area contributed by atoms with E-state index in [4.69, 9.17) is 42.3 Å². The fraction of sp³-hybridized carbons (Fsp3) is 0.333. The molecule has 3 fully saturated rings. The quantitative estimate of drug-likeness (QED) is 0.242. The van der Waals surface area contributed by atoms with E-state index in [1.54, 1.807) is 24.3 Å². The summed E-state index contributed by atoms with van der Waals surface area (Å²) in [4.78, 5) is 15.9. The topological polar surface area (TPSA) is 102 Å². The minimum Gasteiger partial charge on any atom is -0.478 e. The predicted octanol–water partition coefficient (Wildman–Crippen LogP) is 8.19. The summed E-state index contributed by atoms with van der Waals surface area (Å²) in [6.45, 7) is 0. The van der Waals surface area contributed by atoms with Crippen LogP contribution in [0.2, 0.25) is 10.0 Å². The van der Waals surface area contributed by atoms with Gasteiger partial charge >= 0.3 is 5.97 Å². The lowest BCUT2D eigenvalue weighted by Crippen LogP contribution is -2.19. The third-order valence-corrected chi connectivity index (χ3v) is 9.30. The van der Waals surface area contributed by atoms with Crippen LogP contribution in [0.25, 0.3) is 28.7 Å². The molecule has 3 saturated carbocycles. The van der Waals surface area contributed by atoms with Gasteiger partial charge in [-0.3, -0.25) is 0 Å². The number of carboxylic acids is 1. The van der Waals surface area contributed by atoms with Crippen molar-refractivity contribution >= 4 is 35.2 Å². The van der Waals surface area contributed by atoms with Crippen molar-refractivity contribution in [3.8, 4) is 22.6 Å². The molecule has 0 spiro atoms. The highest BCUT2D eigenvalue weighted by Crippen LogP contribution is 2.63. The average molecular weight is 562 g/mol. The maximum atomic E-state index is 11.2. The Labute approximate surface area is 234 Å². The van der Waals surface area contributed by atoms with E-state index in [0.29, 0.717) is 38.9 Å². The summed E-state index contributed by atoms with van der Waals surface area (Å²) in [5, 5.41) is 18.9. The number of allylic oxidation sites excluding steroid dienone is 1. The molecule has 0 amide bonds. The van der Waals surface area contributed by atoms with E-state index in [1.165, 1.54) is 0 Å². The molecule has 198 valence electrons. The lowest BCUT2D eigenvalue weighted by Gasteiger charge is -2.23. The van der Waals surface area contributed by atoms with E-state index >= 15 is 0 Å². The number of carbonyl (C=O) groups is 1. The highest BCUT2D eigenvalue weighted by molar-refractivity contribution is 6.39. The predicted molar refractivity (Wildman–Crippen MR) is 147 cm³/mol. The standard InChI is InChI=1S/C30H25Cl2N3O4/c31-21-2-1-3-22(32)23(21)24-20(25(38-34-24)17-4-5-17)10-11-29-12-14-30(16-29,15-13-29)28-33-26(35-39-28)18-6-8-19(9-7-18)27(36)37/h1-3,6-11,17H,4-5,12-16H2,(H,36,37). The molecule has 0 aliphatic heterocycles. The van der Waals surface area contributed by atoms with Crippen LogP contribution in [0.4, 0.5) is 0 Å². The van der Waals surface area contributed by atoms with Gasteiger partial charge < -0.3 is 14.2 Å². The summed E-state index contributed by atoms with van der Waals surface area (Å²) in [5.41, 5.74) is 3.20. The normalized spacial score (nSPS) is 24.2. The molecule has 0 radical (unpaired) electrons. The van der Waals surface area contributed by atoms with Crippen LogP contribution in [-0.2, 0) is 5.41 Å². The van der Waals surface area contributed by atoms with Crippen molar-refractivity contribution in [1.82, 2.24) is 15.3 Å². The molecule has 7 rings (SSSR count). The van der Waals surface area contributed by atoms with Gasteiger partial charge in [-0.1, -0.05) is 63.9 Å². The summed E-state index contributed by atoms with van der Waals surface area (Å²) < 4.78 is 11.6. The van der Waals surface area contributed by atoms with Crippen molar-refractivity contribution in [3.05, 3.63) is 81.4 Å². The second kappa shape index (κ2) is 9.07. The van der Waals surface area contributed by atoms with Crippen molar-refractivity contribution in [2.75, 3.05) is 0 Å². The van der Waals surface area contributed by atoms with Gasteiger partial charge in [-0.05, 0) is 74.6 Å². The number of aromatic carboxylic acids is 1. The van der Waals surface area contributed by atoms with Gasteiger partial charge in [-0.2, -0.15) is 4.98 Å². The van der Waals surface area contributed by atoms with Gasteiger partial charge in [0.25, 0.3) is 0 Å². The molecule has 2 aromatic heterocycles. The zero-order valence-corrected chi connectivity index (χ0v) is 22.5. The smallest absolute Gasteiger partial charge is 0.335 e. The van der Waals surface area contributed by atoms with Gasteiger partial charge in [0.2, 0.25) is 11.7 Å². The highest BCUT2D eigenvalue weighted by atomic mass is 35.5. The Hall–Kier alpha value is -3.42. The summed E-state index contributed by atoms with van der Waals surface area (Å²) in [7, 11) is 0. The van der Waals surface area contributed by atoms with Crippen molar-refractivity contribution in [1.29, 1.82) is 0 Å². The molecule has 0 saturated heterocycles. The maximum Gasteiger partial charge on any atom is 0.335 e. The first-order valence-electron chi connectivity index (χ1n) is 13.2. The highest BCUT2D eigenvalue weighted by Gasteiger charge is 2.56. The molecule has 2 bridgehead atoms. The summed E-state index contributed by atoms with van der Waals surface area (Å²) >= 11 is 13.1. The minimum absolute atomic E-state index is 0.0252. The lowest BCUT2D eigenvalue weighted by molar-refractivity contribution is 0.0697. The second-order valence-electron chi connectivity index (χ2n) is 11.1. The molecular formula is C30H25Cl2N3O4. The monoisotopic (exact) mass is 561 g/mol. The van der Waals surface area contributed by atoms with Crippen LogP contribution in [0.3, 0.4) is 0 Å². The first-order chi connectivity index (χ1) is 18.9. The molecular weight excluding hydrogens is 537 g/mol. The molecule has 1 N–H and O–H groups in total. The van der Waals surface area contributed by atoms with Gasteiger partial charge in [0, 0.05) is 22.6 Å². The maximum absolute atomic E-state index is 11.2. The molecule has 7 nitrogen and oxygen atoms in total. The number of hydrogen-bond acceptors (Lipinski definition) is 6. The van der Waals surface area contributed by atoms with Crippen molar-refractivity contribution in [3.63, 3.8) is 0 Å². The number of rotatable bonds is 7. The molecule has 2 heterocycles. The van der Waals surface area contributed by atoms with Crippen LogP contribution >= 0.6 is 23.2 Å². The third kappa shape index (κ3) is 4.19. The Bertz CT molecular complexity index is 1590. The van der Waals surface area contributed by atoms with Crippen molar-refractivity contribution in [2.24, 2.45) is 5.41 Å². The van der Waals surface area contributed by atoms with E-state index in [2.05, 4.69) is 22.5 Å². The van der Waals surface area contributed by atoms with Gasteiger partial charge in [-0.25, -0.2) is 4.79 Å². The number of halogens is 2. The van der Waals surface area contributed by atoms with E-state index < -0.39 is 5.97 Å². The fourth-order valence-corrected chi connectivity index (χ4v) is 6.94. The number of carboxylic acid groups (broad SMARTS) is 1. The van der Waals surface area contributed by atoms with Gasteiger partial charge in [0.15, 0.2) is 0 Å². The molecule has 2 aromatic carbocycles.